The average molecular weight is 407 g/mol. The highest BCUT2D eigenvalue weighted by Crippen LogP contribution is 2.19. The van der Waals surface area contributed by atoms with Gasteiger partial charge in [-0.05, 0) is 37.5 Å². The highest BCUT2D eigenvalue weighted by molar-refractivity contribution is 7.81. The van der Waals surface area contributed by atoms with Crippen molar-refractivity contribution in [3.63, 3.8) is 0 Å². The van der Waals surface area contributed by atoms with Crippen molar-refractivity contribution in [2.45, 2.75) is 19.3 Å². The highest BCUT2D eigenvalue weighted by atomic mass is 32.3. The fraction of sp³-hybridized carbons (Fsp3) is 0.278. The number of halogens is 1. The number of amides is 2. The normalized spacial score (nSPS) is 14.4. The van der Waals surface area contributed by atoms with Crippen LogP contribution in [0.3, 0.4) is 0 Å². The number of likely N-dealkylation sites (tertiary alicyclic amines) is 1. The van der Waals surface area contributed by atoms with Crippen LogP contribution in [-0.4, -0.2) is 43.2 Å². The Morgan fingerprint density at radius 1 is 1.07 bits per heavy atom. The molecule has 0 unspecified atom stereocenters. The number of carbonyl (C=O) groups is 2. The molecule has 0 bridgehead atoms. The zero-order valence-corrected chi connectivity index (χ0v) is 15.6. The maximum Gasteiger partial charge on any atom is 0.488 e. The molecule has 2 aromatic rings. The molecule has 0 aliphatic carbocycles. The number of benzene rings is 1. The Morgan fingerprint density at radius 3 is 2.50 bits per heavy atom. The molecule has 10 heteroatoms. The van der Waals surface area contributed by atoms with E-state index in [1.807, 2.05) is 0 Å². The summed E-state index contributed by atoms with van der Waals surface area (Å²) in [6.45, 7) is 1.40. The summed E-state index contributed by atoms with van der Waals surface area (Å²) in [5.74, 6) is -1.04. The van der Waals surface area contributed by atoms with Crippen molar-refractivity contribution in [3.05, 3.63) is 53.9 Å². The van der Waals surface area contributed by atoms with Gasteiger partial charge >= 0.3 is 10.5 Å². The standard InChI is InChI=1S/C18H18FN3O5S/c19-28(25,26)27-16-10-15(11-20-12-16)21-17(23)13-5-4-6-14(9-13)18(24)22-7-2-1-3-8-22/h4-6,9-12H,1-3,7-8H2,(H,21,23). The summed E-state index contributed by atoms with van der Waals surface area (Å²) in [6, 6.07) is 7.41. The lowest BCUT2D eigenvalue weighted by Crippen LogP contribution is -2.35. The van der Waals surface area contributed by atoms with Crippen molar-refractivity contribution in [2.24, 2.45) is 0 Å². The highest BCUT2D eigenvalue weighted by Gasteiger charge is 2.19. The van der Waals surface area contributed by atoms with Crippen LogP contribution in [0.15, 0.2) is 42.7 Å². The lowest BCUT2D eigenvalue weighted by Gasteiger charge is -2.26. The molecule has 3 rings (SSSR count). The molecule has 1 aliphatic rings. The number of carbonyl (C=O) groups excluding carboxylic acids is 2. The van der Waals surface area contributed by atoms with E-state index in [9.17, 15) is 21.9 Å². The molecule has 0 atom stereocenters. The minimum Gasteiger partial charge on any atom is -0.357 e. The minimum absolute atomic E-state index is 0.110. The Bertz CT molecular complexity index is 990. The molecule has 1 fully saturated rings. The van der Waals surface area contributed by atoms with E-state index in [-0.39, 0.29) is 22.9 Å². The first-order valence-corrected chi connectivity index (χ1v) is 9.92. The monoisotopic (exact) mass is 407 g/mol. The van der Waals surface area contributed by atoms with Crippen LogP contribution < -0.4 is 9.50 Å². The predicted octanol–water partition coefficient (Wildman–Crippen LogP) is 2.55. The maximum absolute atomic E-state index is 12.6. The van der Waals surface area contributed by atoms with Crippen LogP contribution in [0.1, 0.15) is 40.0 Å². The Balaban J connectivity index is 1.73. The molecule has 28 heavy (non-hydrogen) atoms. The zero-order chi connectivity index (χ0) is 20.1. The number of nitrogens with zero attached hydrogens (tertiary/aromatic N) is 2. The summed E-state index contributed by atoms with van der Waals surface area (Å²) in [4.78, 5) is 30.5. The average Bonchev–Trinajstić information content (AvgIpc) is 2.67. The summed E-state index contributed by atoms with van der Waals surface area (Å²) < 4.78 is 37.8. The molecule has 1 aromatic carbocycles. The van der Waals surface area contributed by atoms with Gasteiger partial charge < -0.3 is 14.4 Å². The van der Waals surface area contributed by atoms with Gasteiger partial charge in [-0.25, -0.2) is 0 Å². The van der Waals surface area contributed by atoms with Gasteiger partial charge in [0.1, 0.15) is 0 Å². The molecule has 148 valence electrons. The maximum atomic E-state index is 12.6. The Hall–Kier alpha value is -3.01. The first-order valence-electron chi connectivity index (χ1n) is 8.62. The number of anilines is 1. The summed E-state index contributed by atoms with van der Waals surface area (Å²) in [5, 5.41) is 2.51. The van der Waals surface area contributed by atoms with Crippen molar-refractivity contribution in [3.8, 4) is 5.75 Å². The SMILES string of the molecule is O=C(Nc1cncc(OS(=O)(=O)F)c1)c1cccc(C(=O)N2CCCCC2)c1. The Morgan fingerprint density at radius 2 is 1.79 bits per heavy atom. The van der Waals surface area contributed by atoms with Crippen LogP contribution in [0.25, 0.3) is 0 Å². The third-order valence-electron chi connectivity index (χ3n) is 4.18. The zero-order valence-electron chi connectivity index (χ0n) is 14.8. The van der Waals surface area contributed by atoms with E-state index in [0.29, 0.717) is 18.7 Å². The number of hydrogen-bond donors (Lipinski definition) is 1. The number of hydrogen-bond acceptors (Lipinski definition) is 6. The molecule has 0 radical (unpaired) electrons. The summed E-state index contributed by atoms with van der Waals surface area (Å²) >= 11 is 0. The molecule has 1 saturated heterocycles. The lowest BCUT2D eigenvalue weighted by atomic mass is 10.1. The number of nitrogens with one attached hydrogen (secondary N) is 1. The third kappa shape index (κ3) is 5.26. The molecular formula is C18H18FN3O5S. The molecule has 2 heterocycles. The fourth-order valence-corrected chi connectivity index (χ4v) is 3.25. The second-order valence-electron chi connectivity index (χ2n) is 6.27. The molecular weight excluding hydrogens is 389 g/mol. The minimum atomic E-state index is -5.20. The molecule has 0 saturated carbocycles. The Kier molecular flexibility index (Phi) is 5.88. The van der Waals surface area contributed by atoms with Gasteiger partial charge in [0.15, 0.2) is 5.75 Å². The number of pyridine rings is 1. The molecule has 8 nitrogen and oxygen atoms in total. The molecule has 1 N–H and O–H groups in total. The van der Waals surface area contributed by atoms with E-state index in [1.54, 1.807) is 23.1 Å². The Labute approximate surface area is 161 Å². The lowest BCUT2D eigenvalue weighted by molar-refractivity contribution is 0.0724. The van der Waals surface area contributed by atoms with Gasteiger partial charge in [-0.2, -0.15) is 8.42 Å². The van der Waals surface area contributed by atoms with Gasteiger partial charge in [0.25, 0.3) is 11.8 Å². The van der Waals surface area contributed by atoms with Crippen molar-refractivity contribution < 1.29 is 26.1 Å². The number of piperidine rings is 1. The van der Waals surface area contributed by atoms with Crippen molar-refractivity contribution >= 4 is 28.0 Å². The van der Waals surface area contributed by atoms with Gasteiger partial charge in [0.05, 0.1) is 18.1 Å². The van der Waals surface area contributed by atoms with Gasteiger partial charge in [0.2, 0.25) is 0 Å². The predicted molar refractivity (Wildman–Crippen MR) is 99.0 cm³/mol. The molecule has 0 spiro atoms. The van der Waals surface area contributed by atoms with Crippen LogP contribution in [0, 0.1) is 0 Å². The largest absolute Gasteiger partial charge is 0.488 e. The van der Waals surface area contributed by atoms with Gasteiger partial charge in [-0.3, -0.25) is 14.6 Å². The van der Waals surface area contributed by atoms with Crippen LogP contribution >= 0.6 is 0 Å². The van der Waals surface area contributed by atoms with Gasteiger partial charge in [-0.15, -0.1) is 0 Å². The molecule has 1 aliphatic heterocycles. The quantitative estimate of drug-likeness (QED) is 0.764. The smallest absolute Gasteiger partial charge is 0.357 e. The van der Waals surface area contributed by atoms with E-state index >= 15 is 0 Å². The third-order valence-corrected chi connectivity index (χ3v) is 4.57. The molecule has 1 aromatic heterocycles. The summed E-state index contributed by atoms with van der Waals surface area (Å²) in [7, 11) is -5.20. The van der Waals surface area contributed by atoms with E-state index < -0.39 is 16.4 Å². The van der Waals surface area contributed by atoms with E-state index in [4.69, 9.17) is 0 Å². The summed E-state index contributed by atoms with van der Waals surface area (Å²) in [6.07, 6.45) is 5.27. The number of aromatic nitrogens is 1. The molecule has 2 amide bonds. The second kappa shape index (κ2) is 8.34. The van der Waals surface area contributed by atoms with E-state index in [2.05, 4.69) is 14.5 Å². The van der Waals surface area contributed by atoms with Crippen molar-refractivity contribution in [1.29, 1.82) is 0 Å². The first kappa shape index (κ1) is 19.7. The second-order valence-corrected chi connectivity index (χ2v) is 7.23. The van der Waals surface area contributed by atoms with Crippen molar-refractivity contribution in [1.82, 2.24) is 9.88 Å². The van der Waals surface area contributed by atoms with E-state index in [1.165, 1.54) is 12.3 Å². The fourth-order valence-electron chi connectivity index (χ4n) is 2.92. The topological polar surface area (TPSA) is 106 Å². The van der Waals surface area contributed by atoms with Crippen LogP contribution in [0.2, 0.25) is 0 Å². The van der Waals surface area contributed by atoms with Crippen LogP contribution in [0.4, 0.5) is 9.57 Å². The van der Waals surface area contributed by atoms with Gasteiger partial charge in [-0.1, -0.05) is 9.95 Å². The first-order chi connectivity index (χ1) is 13.3. The van der Waals surface area contributed by atoms with E-state index in [0.717, 1.165) is 31.5 Å². The van der Waals surface area contributed by atoms with Crippen LogP contribution in [-0.2, 0) is 10.5 Å². The van der Waals surface area contributed by atoms with Gasteiger partial charge in [0, 0.05) is 30.3 Å². The van der Waals surface area contributed by atoms with Crippen molar-refractivity contribution in [2.75, 3.05) is 18.4 Å². The summed E-state index contributed by atoms with van der Waals surface area (Å²) in [5.41, 5.74) is 0.763. The van der Waals surface area contributed by atoms with Crippen LogP contribution in [0.5, 0.6) is 5.75 Å². The number of rotatable bonds is 5.